The lowest BCUT2D eigenvalue weighted by molar-refractivity contribution is -0.117. The Hall–Kier alpha value is -1.51. The summed E-state index contributed by atoms with van der Waals surface area (Å²) in [7, 11) is -1.92. The molecule has 1 aliphatic rings. The molecule has 0 bridgehead atoms. The predicted octanol–water partition coefficient (Wildman–Crippen LogP) is 2.29. The molecule has 1 amide bonds. The van der Waals surface area contributed by atoms with Crippen molar-refractivity contribution in [1.82, 2.24) is 9.29 Å². The van der Waals surface area contributed by atoms with Gasteiger partial charge in [0.25, 0.3) is 0 Å². The fourth-order valence-corrected chi connectivity index (χ4v) is 4.21. The van der Waals surface area contributed by atoms with Crippen LogP contribution in [-0.2, 0) is 14.8 Å². The third-order valence-electron chi connectivity index (χ3n) is 3.69. The number of aromatic nitrogens is 1. The molecule has 1 aromatic carbocycles. The first kappa shape index (κ1) is 15.4. The fourth-order valence-electron chi connectivity index (χ4n) is 2.02. The zero-order valence-electron chi connectivity index (χ0n) is 12.4. The second-order valence-corrected chi connectivity index (χ2v) is 8.41. The average Bonchev–Trinajstić information content (AvgIpc) is 3.26. The molecule has 1 heterocycles. The Morgan fingerprint density at radius 2 is 2.18 bits per heavy atom. The number of anilines is 1. The number of nitrogens with one attached hydrogen (secondary N) is 1. The van der Waals surface area contributed by atoms with Crippen LogP contribution in [0.5, 0.6) is 0 Å². The number of nitrogens with zero attached hydrogens (tertiary/aromatic N) is 2. The minimum Gasteiger partial charge on any atom is -0.302 e. The molecule has 0 atom stereocenters. The Morgan fingerprint density at radius 1 is 1.45 bits per heavy atom. The molecule has 8 heteroatoms. The summed E-state index contributed by atoms with van der Waals surface area (Å²) in [6, 6.07) is 4.84. The van der Waals surface area contributed by atoms with Crippen LogP contribution in [0.2, 0.25) is 0 Å². The lowest BCUT2D eigenvalue weighted by atomic mass is 10.3. The summed E-state index contributed by atoms with van der Waals surface area (Å²) in [6.07, 6.45) is 1.87. The van der Waals surface area contributed by atoms with Crippen molar-refractivity contribution < 1.29 is 13.2 Å². The lowest BCUT2D eigenvalue weighted by Gasteiger charge is -2.14. The second kappa shape index (κ2) is 5.60. The van der Waals surface area contributed by atoms with E-state index in [1.807, 2.05) is 0 Å². The summed E-state index contributed by atoms with van der Waals surface area (Å²) in [5.41, 5.74) is 0.689. The third-order valence-corrected chi connectivity index (χ3v) is 6.55. The highest BCUT2D eigenvalue weighted by molar-refractivity contribution is 7.89. The van der Waals surface area contributed by atoms with Gasteiger partial charge in [0.05, 0.1) is 15.1 Å². The third kappa shape index (κ3) is 2.86. The molecule has 0 spiro atoms. The molecule has 118 valence electrons. The van der Waals surface area contributed by atoms with Gasteiger partial charge in [0.2, 0.25) is 15.9 Å². The van der Waals surface area contributed by atoms with Crippen molar-refractivity contribution >= 4 is 42.6 Å². The number of hydrogen-bond donors (Lipinski definition) is 1. The van der Waals surface area contributed by atoms with Gasteiger partial charge in [0.15, 0.2) is 5.13 Å². The topological polar surface area (TPSA) is 79.4 Å². The summed E-state index contributed by atoms with van der Waals surface area (Å²) in [6.45, 7) is 2.19. The van der Waals surface area contributed by atoms with Gasteiger partial charge in [-0.2, -0.15) is 0 Å². The number of sulfonamides is 1. The first-order chi connectivity index (χ1) is 10.4. The van der Waals surface area contributed by atoms with Crippen LogP contribution in [-0.4, -0.2) is 37.2 Å². The van der Waals surface area contributed by atoms with Crippen LogP contribution < -0.4 is 5.32 Å². The summed E-state index contributed by atoms with van der Waals surface area (Å²) < 4.78 is 26.7. The highest BCUT2D eigenvalue weighted by Gasteiger charge is 2.30. The molecule has 3 rings (SSSR count). The monoisotopic (exact) mass is 339 g/mol. The fraction of sp³-hybridized carbons (Fsp3) is 0.429. The minimum absolute atomic E-state index is 0.00221. The Kier molecular flexibility index (Phi) is 3.92. The Morgan fingerprint density at radius 3 is 2.82 bits per heavy atom. The van der Waals surface area contributed by atoms with Crippen molar-refractivity contribution in [2.45, 2.75) is 24.7 Å². The van der Waals surface area contributed by atoms with E-state index in [1.165, 1.54) is 15.6 Å². The summed E-state index contributed by atoms with van der Waals surface area (Å²) in [4.78, 5) is 16.3. The molecule has 1 N–H and O–H groups in total. The van der Waals surface area contributed by atoms with Crippen LogP contribution in [0.1, 0.15) is 19.8 Å². The molecule has 1 aromatic heterocycles. The van der Waals surface area contributed by atoms with Gasteiger partial charge in [-0.1, -0.05) is 18.3 Å². The van der Waals surface area contributed by atoms with Gasteiger partial charge < -0.3 is 5.32 Å². The van der Waals surface area contributed by atoms with Crippen LogP contribution in [0.15, 0.2) is 23.1 Å². The van der Waals surface area contributed by atoms with E-state index in [1.54, 1.807) is 32.2 Å². The smallest absolute Gasteiger partial charge is 0.242 e. The predicted molar refractivity (Wildman–Crippen MR) is 86.5 cm³/mol. The number of carbonyl (C=O) groups excluding carboxylic acids is 1. The second-order valence-electron chi connectivity index (χ2n) is 5.33. The van der Waals surface area contributed by atoms with Crippen LogP contribution in [0.4, 0.5) is 5.13 Å². The van der Waals surface area contributed by atoms with Crippen molar-refractivity contribution in [3.63, 3.8) is 0 Å². The van der Waals surface area contributed by atoms with E-state index in [4.69, 9.17) is 0 Å². The van der Waals surface area contributed by atoms with Crippen LogP contribution in [0.3, 0.4) is 0 Å². The SMILES string of the molecule is CCN(C)S(=O)(=O)c1ccc2nc(NC(=O)C3CC3)sc2c1. The number of rotatable bonds is 5. The first-order valence-electron chi connectivity index (χ1n) is 7.09. The zero-order valence-corrected chi connectivity index (χ0v) is 14.0. The van der Waals surface area contributed by atoms with E-state index >= 15 is 0 Å². The van der Waals surface area contributed by atoms with E-state index in [0.717, 1.165) is 17.5 Å². The van der Waals surface area contributed by atoms with E-state index in [2.05, 4.69) is 10.3 Å². The highest BCUT2D eigenvalue weighted by atomic mass is 32.2. The quantitative estimate of drug-likeness (QED) is 0.906. The molecule has 6 nitrogen and oxygen atoms in total. The van der Waals surface area contributed by atoms with Gasteiger partial charge in [0, 0.05) is 19.5 Å². The molecule has 0 aliphatic heterocycles. The number of amides is 1. The molecule has 1 aliphatic carbocycles. The van der Waals surface area contributed by atoms with E-state index in [9.17, 15) is 13.2 Å². The van der Waals surface area contributed by atoms with Crippen molar-refractivity contribution in [1.29, 1.82) is 0 Å². The molecule has 1 saturated carbocycles. The normalized spacial score (nSPS) is 15.4. The van der Waals surface area contributed by atoms with Crippen molar-refractivity contribution in [2.75, 3.05) is 18.9 Å². The minimum atomic E-state index is -3.47. The van der Waals surface area contributed by atoms with Crippen molar-refractivity contribution in [3.8, 4) is 0 Å². The Bertz CT molecular complexity index is 825. The lowest BCUT2D eigenvalue weighted by Crippen LogP contribution is -2.26. The number of carbonyl (C=O) groups is 1. The van der Waals surface area contributed by atoms with Crippen LogP contribution >= 0.6 is 11.3 Å². The van der Waals surface area contributed by atoms with Gasteiger partial charge in [-0.05, 0) is 31.0 Å². The van der Waals surface area contributed by atoms with Gasteiger partial charge >= 0.3 is 0 Å². The van der Waals surface area contributed by atoms with Gasteiger partial charge in [-0.25, -0.2) is 17.7 Å². The number of hydrogen-bond acceptors (Lipinski definition) is 5. The number of thiazole rings is 1. The highest BCUT2D eigenvalue weighted by Crippen LogP contribution is 2.33. The van der Waals surface area contributed by atoms with Crippen LogP contribution in [0.25, 0.3) is 10.2 Å². The number of benzene rings is 1. The maximum atomic E-state index is 12.3. The standard InChI is InChI=1S/C14H17N3O3S2/c1-3-17(2)22(19,20)10-6-7-11-12(8-10)21-14(15-11)16-13(18)9-4-5-9/h6-9H,3-5H2,1-2H3,(H,15,16,18). The van der Waals surface area contributed by atoms with Gasteiger partial charge in [-0.3, -0.25) is 4.79 Å². The summed E-state index contributed by atoms with van der Waals surface area (Å²) in [5, 5.41) is 3.31. The van der Waals surface area contributed by atoms with E-state index in [0.29, 0.717) is 17.2 Å². The largest absolute Gasteiger partial charge is 0.302 e. The zero-order chi connectivity index (χ0) is 15.9. The van der Waals surface area contributed by atoms with Crippen LogP contribution in [0, 0.1) is 5.92 Å². The maximum absolute atomic E-state index is 12.3. The van der Waals surface area contributed by atoms with Gasteiger partial charge in [0.1, 0.15) is 0 Å². The Labute approximate surface area is 133 Å². The van der Waals surface area contributed by atoms with E-state index < -0.39 is 10.0 Å². The van der Waals surface area contributed by atoms with Crippen molar-refractivity contribution in [2.24, 2.45) is 5.92 Å². The molecule has 22 heavy (non-hydrogen) atoms. The molecular weight excluding hydrogens is 322 g/mol. The van der Waals surface area contributed by atoms with E-state index in [-0.39, 0.29) is 16.7 Å². The Balaban J connectivity index is 1.91. The number of fused-ring (bicyclic) bond motifs is 1. The summed E-state index contributed by atoms with van der Waals surface area (Å²) >= 11 is 1.29. The molecular formula is C14H17N3O3S2. The summed E-state index contributed by atoms with van der Waals surface area (Å²) in [5.74, 6) is 0.110. The molecule has 0 radical (unpaired) electrons. The van der Waals surface area contributed by atoms with Crippen molar-refractivity contribution in [3.05, 3.63) is 18.2 Å². The molecule has 0 saturated heterocycles. The average molecular weight is 339 g/mol. The van der Waals surface area contributed by atoms with Gasteiger partial charge in [-0.15, -0.1) is 0 Å². The maximum Gasteiger partial charge on any atom is 0.242 e. The molecule has 2 aromatic rings. The molecule has 1 fully saturated rings. The molecule has 0 unspecified atom stereocenters. The first-order valence-corrected chi connectivity index (χ1v) is 9.35.